The number of fused-ring (bicyclic) bond motifs is 5. The van der Waals surface area contributed by atoms with Gasteiger partial charge in [-0.25, -0.2) is 9.18 Å². The summed E-state index contributed by atoms with van der Waals surface area (Å²) in [7, 11) is 0. The van der Waals surface area contributed by atoms with E-state index in [1.54, 1.807) is 54.6 Å². The Morgan fingerprint density at radius 2 is 1.73 bits per heavy atom. The lowest BCUT2D eigenvalue weighted by Crippen LogP contribution is -2.23. The van der Waals surface area contributed by atoms with Gasteiger partial charge < -0.3 is 9.52 Å². The number of nitrogens with zero attached hydrogens (tertiary/aromatic N) is 1. The minimum atomic E-state index is -0.757. The molecule has 0 atom stereocenters. The molecule has 8 heteroatoms. The lowest BCUT2D eigenvalue weighted by atomic mass is 9.99. The van der Waals surface area contributed by atoms with E-state index in [1.165, 1.54) is 16.7 Å². The molecule has 6 rings (SSSR count). The molecule has 0 saturated carbocycles. The number of aromatic nitrogens is 1. The van der Waals surface area contributed by atoms with E-state index in [0.29, 0.717) is 51.7 Å². The zero-order chi connectivity index (χ0) is 25.7. The van der Waals surface area contributed by atoms with Crippen LogP contribution < -0.4 is 11.2 Å². The maximum Gasteiger partial charge on any atom is 0.354 e. The average Bonchev–Trinajstić information content (AvgIpc) is 3.08. The number of benzene rings is 3. The van der Waals surface area contributed by atoms with Gasteiger partial charge >= 0.3 is 5.63 Å². The molecule has 1 N–H and O–H groups in total. The number of para-hydroxylation sites is 1. The van der Waals surface area contributed by atoms with Crippen LogP contribution in [-0.2, 0) is 12.8 Å². The van der Waals surface area contributed by atoms with E-state index in [0.717, 1.165) is 17.3 Å². The minimum Gasteiger partial charge on any atom is -0.505 e. The van der Waals surface area contributed by atoms with Crippen molar-refractivity contribution >= 4 is 34.3 Å². The van der Waals surface area contributed by atoms with Crippen LogP contribution in [0.1, 0.15) is 17.5 Å². The lowest BCUT2D eigenvalue weighted by molar-refractivity contribution is 0.445. The zero-order valence-electron chi connectivity index (χ0n) is 19.3. The van der Waals surface area contributed by atoms with E-state index in [1.807, 2.05) is 6.07 Å². The Kier molecular flexibility index (Phi) is 5.89. The molecule has 184 valence electrons. The van der Waals surface area contributed by atoms with Crippen molar-refractivity contribution in [1.82, 2.24) is 4.57 Å². The minimum absolute atomic E-state index is 0.0345. The number of hydrogen-bond donors (Lipinski definition) is 1. The SMILES string of the molecule is O=c1oc2c3c(n(-c4ccccc4)c(=O)c2c(O)c1Sc1ccc(Cl)cc1)-c1cc(F)ccc1CCC3. The Morgan fingerprint density at radius 3 is 2.49 bits per heavy atom. The molecule has 5 nitrogen and oxygen atoms in total. The number of halogens is 2. The van der Waals surface area contributed by atoms with Crippen molar-refractivity contribution in [1.29, 1.82) is 0 Å². The summed E-state index contributed by atoms with van der Waals surface area (Å²) in [6.45, 7) is 0. The van der Waals surface area contributed by atoms with Crippen LogP contribution in [-0.4, -0.2) is 9.67 Å². The molecular formula is C29H19ClFNO4S. The van der Waals surface area contributed by atoms with E-state index < -0.39 is 22.8 Å². The summed E-state index contributed by atoms with van der Waals surface area (Å²) in [4.78, 5) is 27.8. The van der Waals surface area contributed by atoms with Crippen molar-refractivity contribution in [3.05, 3.63) is 116 Å². The molecule has 0 radical (unpaired) electrons. The number of pyridine rings is 1. The van der Waals surface area contributed by atoms with Crippen LogP contribution in [0.3, 0.4) is 0 Å². The summed E-state index contributed by atoms with van der Waals surface area (Å²) in [5.41, 5.74) is 1.79. The first-order chi connectivity index (χ1) is 17.9. The normalized spacial score (nSPS) is 12.7. The van der Waals surface area contributed by atoms with Gasteiger partial charge in [-0.05, 0) is 73.4 Å². The monoisotopic (exact) mass is 531 g/mol. The Balaban J connectivity index is 1.72. The first kappa shape index (κ1) is 23.6. The highest BCUT2D eigenvalue weighted by Gasteiger charge is 2.29. The third-order valence-corrected chi connectivity index (χ3v) is 7.83. The van der Waals surface area contributed by atoms with E-state index in [9.17, 15) is 19.1 Å². The Bertz CT molecular complexity index is 1800. The highest BCUT2D eigenvalue weighted by Crippen LogP contribution is 2.41. The van der Waals surface area contributed by atoms with Gasteiger partial charge in [0.05, 0.1) is 5.69 Å². The van der Waals surface area contributed by atoms with Crippen molar-refractivity contribution in [2.75, 3.05) is 0 Å². The number of rotatable bonds is 3. The first-order valence-corrected chi connectivity index (χ1v) is 12.9. The standard InChI is InChI=1S/C29H19ClFNO4S/c30-17-10-13-20(14-11-17)37-27-25(33)23-26(36-29(27)35)21-8-4-5-16-9-12-18(31)15-22(16)24(21)32(28(23)34)19-6-2-1-3-7-19/h1-3,6-7,9-15,33H,4-5,8H2. The van der Waals surface area contributed by atoms with Crippen LogP contribution in [0.5, 0.6) is 5.75 Å². The van der Waals surface area contributed by atoms with Crippen molar-refractivity contribution < 1.29 is 13.9 Å². The van der Waals surface area contributed by atoms with E-state index in [4.69, 9.17) is 16.0 Å². The fraction of sp³-hybridized carbons (Fsp3) is 0.103. The summed E-state index contributed by atoms with van der Waals surface area (Å²) in [5.74, 6) is -0.870. The van der Waals surface area contributed by atoms with Gasteiger partial charge in [0.15, 0.2) is 11.3 Å². The van der Waals surface area contributed by atoms with E-state index >= 15 is 0 Å². The largest absolute Gasteiger partial charge is 0.505 e. The van der Waals surface area contributed by atoms with Crippen molar-refractivity contribution in [3.8, 4) is 22.7 Å². The molecule has 3 aromatic carbocycles. The highest BCUT2D eigenvalue weighted by atomic mass is 35.5. The van der Waals surface area contributed by atoms with E-state index in [2.05, 4.69) is 0 Å². The van der Waals surface area contributed by atoms with Gasteiger partial charge in [-0.1, -0.05) is 47.6 Å². The first-order valence-electron chi connectivity index (χ1n) is 11.7. The van der Waals surface area contributed by atoms with Gasteiger partial charge in [0.2, 0.25) is 0 Å². The van der Waals surface area contributed by atoms with Gasteiger partial charge in [-0.2, -0.15) is 0 Å². The van der Waals surface area contributed by atoms with Crippen molar-refractivity contribution in [2.24, 2.45) is 0 Å². The molecule has 0 bridgehead atoms. The molecule has 0 amide bonds. The second-order valence-corrected chi connectivity index (χ2v) is 10.3. The molecule has 2 heterocycles. The van der Waals surface area contributed by atoms with Crippen molar-refractivity contribution in [2.45, 2.75) is 29.1 Å². The topological polar surface area (TPSA) is 72.4 Å². The van der Waals surface area contributed by atoms with Crippen LogP contribution >= 0.6 is 23.4 Å². The van der Waals surface area contributed by atoms with Crippen molar-refractivity contribution in [3.63, 3.8) is 0 Å². The predicted octanol–water partition coefficient (Wildman–Crippen LogP) is 6.75. The third kappa shape index (κ3) is 4.04. The van der Waals surface area contributed by atoms with Crippen LogP contribution in [0, 0.1) is 5.82 Å². The van der Waals surface area contributed by atoms with Gasteiger partial charge in [-0.3, -0.25) is 9.36 Å². The molecule has 1 aliphatic rings. The summed E-state index contributed by atoms with van der Waals surface area (Å²) in [6.07, 6.45) is 1.83. The molecule has 0 aliphatic heterocycles. The molecule has 1 aliphatic carbocycles. The maximum atomic E-state index is 14.5. The Hall–Kier alpha value is -3.81. The smallest absolute Gasteiger partial charge is 0.354 e. The molecular weight excluding hydrogens is 513 g/mol. The van der Waals surface area contributed by atoms with Crippen LogP contribution in [0.15, 0.2) is 96.6 Å². The summed E-state index contributed by atoms with van der Waals surface area (Å²) < 4.78 is 21.7. The molecule has 0 spiro atoms. The second kappa shape index (κ2) is 9.25. The van der Waals surface area contributed by atoms with Crippen LogP contribution in [0.2, 0.25) is 5.02 Å². The molecule has 37 heavy (non-hydrogen) atoms. The summed E-state index contributed by atoms with van der Waals surface area (Å²) >= 11 is 6.97. The van der Waals surface area contributed by atoms with Gasteiger partial charge in [0.1, 0.15) is 16.1 Å². The van der Waals surface area contributed by atoms with E-state index in [-0.39, 0.29) is 15.9 Å². The second-order valence-electron chi connectivity index (χ2n) is 8.79. The average molecular weight is 532 g/mol. The molecule has 5 aromatic rings. The predicted molar refractivity (Wildman–Crippen MR) is 143 cm³/mol. The number of hydrogen-bond acceptors (Lipinski definition) is 5. The quantitative estimate of drug-likeness (QED) is 0.279. The van der Waals surface area contributed by atoms with Gasteiger partial charge in [0.25, 0.3) is 5.56 Å². The summed E-state index contributed by atoms with van der Waals surface area (Å²) in [6, 6.07) is 20.3. The lowest BCUT2D eigenvalue weighted by Gasteiger charge is -2.20. The number of aromatic hydroxyl groups is 1. The summed E-state index contributed by atoms with van der Waals surface area (Å²) in [5, 5.41) is 11.8. The molecule has 0 fully saturated rings. The fourth-order valence-corrected chi connectivity index (χ4v) is 5.82. The fourth-order valence-electron chi connectivity index (χ4n) is 4.87. The van der Waals surface area contributed by atoms with Gasteiger partial charge in [0, 0.05) is 26.7 Å². The maximum absolute atomic E-state index is 14.5. The highest BCUT2D eigenvalue weighted by molar-refractivity contribution is 7.99. The number of aryl methyl sites for hydroxylation is 2. The zero-order valence-corrected chi connectivity index (χ0v) is 20.9. The Labute approximate surface area is 219 Å². The third-order valence-electron chi connectivity index (χ3n) is 6.51. The molecule has 0 unspecified atom stereocenters. The Morgan fingerprint density at radius 1 is 0.973 bits per heavy atom. The van der Waals surface area contributed by atoms with Gasteiger partial charge in [-0.15, -0.1) is 0 Å². The van der Waals surface area contributed by atoms with Crippen LogP contribution in [0.4, 0.5) is 4.39 Å². The van der Waals surface area contributed by atoms with Crippen LogP contribution in [0.25, 0.3) is 27.9 Å². The molecule has 0 saturated heterocycles. The molecule has 2 aromatic heterocycles.